The molecular weight excluding hydrogens is 324 g/mol. The first-order valence-electron chi connectivity index (χ1n) is 9.18. The van der Waals surface area contributed by atoms with E-state index in [0.29, 0.717) is 18.5 Å². The molecule has 26 heavy (non-hydrogen) atoms. The predicted molar refractivity (Wildman–Crippen MR) is 104 cm³/mol. The van der Waals surface area contributed by atoms with E-state index in [1.54, 1.807) is 4.90 Å². The molecule has 0 bridgehead atoms. The Balaban J connectivity index is 1.70. The van der Waals surface area contributed by atoms with Crippen molar-refractivity contribution in [1.29, 1.82) is 0 Å². The average molecular weight is 350 g/mol. The molecule has 1 aliphatic rings. The third-order valence-electron chi connectivity index (χ3n) is 5.00. The number of benzene rings is 2. The van der Waals surface area contributed by atoms with Crippen LogP contribution >= 0.6 is 0 Å². The highest BCUT2D eigenvalue weighted by atomic mass is 16.2. The molecule has 0 radical (unpaired) electrons. The number of hydrogen-bond donors (Lipinski definition) is 0. The van der Waals surface area contributed by atoms with E-state index in [4.69, 9.17) is 0 Å². The zero-order chi connectivity index (χ0) is 18.7. The van der Waals surface area contributed by atoms with Crippen molar-refractivity contribution in [2.24, 2.45) is 0 Å². The lowest BCUT2D eigenvalue weighted by molar-refractivity contribution is -0.119. The Bertz CT molecular complexity index is 811. The first kappa shape index (κ1) is 18.2. The van der Waals surface area contributed by atoms with Crippen molar-refractivity contribution >= 4 is 17.5 Å². The van der Waals surface area contributed by atoms with Gasteiger partial charge in [0.05, 0.1) is 0 Å². The molecule has 0 saturated carbocycles. The maximum Gasteiger partial charge on any atom is 0.253 e. The molecule has 4 heteroatoms. The van der Waals surface area contributed by atoms with Gasteiger partial charge in [0.15, 0.2) is 0 Å². The van der Waals surface area contributed by atoms with Crippen molar-refractivity contribution in [2.75, 3.05) is 18.5 Å². The van der Waals surface area contributed by atoms with Crippen LogP contribution in [0.4, 0.5) is 5.69 Å². The third kappa shape index (κ3) is 3.96. The summed E-state index contributed by atoms with van der Waals surface area (Å²) in [5.74, 6) is 0.156. The Hall–Kier alpha value is -2.62. The number of nitrogens with zero attached hydrogens (tertiary/aromatic N) is 2. The Morgan fingerprint density at radius 3 is 2.46 bits per heavy atom. The molecule has 2 amide bonds. The molecule has 0 aliphatic carbocycles. The van der Waals surface area contributed by atoms with E-state index in [1.165, 1.54) is 11.1 Å². The van der Waals surface area contributed by atoms with Crippen LogP contribution in [0.15, 0.2) is 42.5 Å². The fraction of sp³-hybridized carbons (Fsp3) is 0.364. The van der Waals surface area contributed by atoms with Gasteiger partial charge in [0, 0.05) is 37.8 Å². The normalized spacial score (nSPS) is 14.4. The largest absolute Gasteiger partial charge is 0.337 e. The third-order valence-corrected chi connectivity index (χ3v) is 5.00. The van der Waals surface area contributed by atoms with Gasteiger partial charge in [0.1, 0.15) is 0 Å². The van der Waals surface area contributed by atoms with Gasteiger partial charge in [-0.2, -0.15) is 0 Å². The van der Waals surface area contributed by atoms with Crippen LogP contribution in [-0.4, -0.2) is 30.3 Å². The Morgan fingerprint density at radius 2 is 1.81 bits per heavy atom. The summed E-state index contributed by atoms with van der Waals surface area (Å²) in [5.41, 5.74) is 5.10. The highest BCUT2D eigenvalue weighted by Gasteiger charge is 2.20. The highest BCUT2D eigenvalue weighted by Crippen LogP contribution is 2.22. The predicted octanol–water partition coefficient (Wildman–Crippen LogP) is 4.09. The molecule has 1 fully saturated rings. The second-order valence-corrected chi connectivity index (χ2v) is 7.14. The smallest absolute Gasteiger partial charge is 0.253 e. The van der Waals surface area contributed by atoms with Crippen LogP contribution in [0.3, 0.4) is 0 Å². The first-order valence-corrected chi connectivity index (χ1v) is 9.18. The molecule has 2 aromatic carbocycles. The Kier molecular flexibility index (Phi) is 5.40. The second-order valence-electron chi connectivity index (χ2n) is 7.14. The summed E-state index contributed by atoms with van der Waals surface area (Å²) < 4.78 is 0. The van der Waals surface area contributed by atoms with Gasteiger partial charge in [0.2, 0.25) is 5.91 Å². The van der Waals surface area contributed by atoms with E-state index < -0.39 is 0 Å². The van der Waals surface area contributed by atoms with E-state index in [0.717, 1.165) is 30.6 Å². The minimum atomic E-state index is -0.0125. The number of rotatable bonds is 4. The topological polar surface area (TPSA) is 40.6 Å². The molecule has 0 aromatic heterocycles. The Morgan fingerprint density at radius 1 is 1.08 bits per heavy atom. The fourth-order valence-electron chi connectivity index (χ4n) is 3.43. The number of amides is 2. The molecular formula is C22H26N2O2. The first-order chi connectivity index (χ1) is 12.5. The number of piperidine rings is 1. The molecule has 1 aliphatic heterocycles. The molecule has 0 atom stereocenters. The summed E-state index contributed by atoms with van der Waals surface area (Å²) >= 11 is 0. The van der Waals surface area contributed by atoms with Crippen LogP contribution in [0.2, 0.25) is 0 Å². The number of carbonyl (C=O) groups excluding carboxylic acids is 2. The maximum atomic E-state index is 12.7. The molecule has 4 nitrogen and oxygen atoms in total. The molecule has 0 spiro atoms. The number of anilines is 1. The quantitative estimate of drug-likeness (QED) is 0.833. The van der Waals surface area contributed by atoms with Gasteiger partial charge in [-0.05, 0) is 62.1 Å². The summed E-state index contributed by atoms with van der Waals surface area (Å²) in [6, 6.07) is 13.7. The zero-order valence-electron chi connectivity index (χ0n) is 15.8. The molecule has 1 heterocycles. The van der Waals surface area contributed by atoms with E-state index in [2.05, 4.69) is 32.0 Å². The average Bonchev–Trinajstić information content (AvgIpc) is 2.64. The van der Waals surface area contributed by atoms with Crippen molar-refractivity contribution in [2.45, 2.75) is 39.7 Å². The molecule has 136 valence electrons. The molecule has 0 unspecified atom stereocenters. The maximum absolute atomic E-state index is 12.7. The van der Waals surface area contributed by atoms with Crippen LogP contribution in [0, 0.1) is 13.8 Å². The van der Waals surface area contributed by atoms with Crippen LogP contribution in [0.1, 0.15) is 46.3 Å². The van der Waals surface area contributed by atoms with Gasteiger partial charge in [-0.3, -0.25) is 9.59 Å². The lowest BCUT2D eigenvalue weighted by Crippen LogP contribution is -2.35. The zero-order valence-corrected chi connectivity index (χ0v) is 15.8. The Labute approximate surface area is 155 Å². The van der Waals surface area contributed by atoms with Gasteiger partial charge < -0.3 is 9.80 Å². The molecule has 1 saturated heterocycles. The highest BCUT2D eigenvalue weighted by molar-refractivity contribution is 5.96. The monoisotopic (exact) mass is 350 g/mol. The van der Waals surface area contributed by atoms with Crippen molar-refractivity contribution in [3.05, 3.63) is 64.7 Å². The van der Waals surface area contributed by atoms with Crippen LogP contribution in [-0.2, 0) is 11.3 Å². The summed E-state index contributed by atoms with van der Waals surface area (Å²) in [4.78, 5) is 28.3. The van der Waals surface area contributed by atoms with Gasteiger partial charge >= 0.3 is 0 Å². The lowest BCUT2D eigenvalue weighted by atomic mass is 10.0. The summed E-state index contributed by atoms with van der Waals surface area (Å²) in [6.07, 6.45) is 2.61. The van der Waals surface area contributed by atoms with E-state index in [-0.39, 0.29) is 11.8 Å². The van der Waals surface area contributed by atoms with Crippen molar-refractivity contribution in [1.82, 2.24) is 4.90 Å². The SMILES string of the molecule is Cc1ccc(CN(C)C(=O)c2ccc(N3CCCCC3=O)cc2)c(C)c1. The number of carbonyl (C=O) groups is 2. The van der Waals surface area contributed by atoms with Crippen molar-refractivity contribution < 1.29 is 9.59 Å². The number of hydrogen-bond acceptors (Lipinski definition) is 2. The summed E-state index contributed by atoms with van der Waals surface area (Å²) in [6.45, 7) is 5.49. The molecule has 2 aromatic rings. The van der Waals surface area contributed by atoms with Crippen LogP contribution < -0.4 is 4.90 Å². The molecule has 3 rings (SSSR count). The fourth-order valence-corrected chi connectivity index (χ4v) is 3.43. The van der Waals surface area contributed by atoms with Gasteiger partial charge in [-0.1, -0.05) is 23.8 Å². The summed E-state index contributed by atoms with van der Waals surface area (Å²) in [7, 11) is 1.82. The van der Waals surface area contributed by atoms with Crippen LogP contribution in [0.25, 0.3) is 0 Å². The summed E-state index contributed by atoms with van der Waals surface area (Å²) in [5, 5.41) is 0. The van der Waals surface area contributed by atoms with Gasteiger partial charge in [-0.15, -0.1) is 0 Å². The minimum Gasteiger partial charge on any atom is -0.337 e. The standard InChI is InChI=1S/C22H26N2O2/c1-16-7-8-19(17(2)14-16)15-23(3)22(26)18-9-11-20(12-10-18)24-13-5-4-6-21(24)25/h7-12,14H,4-6,13,15H2,1-3H3. The lowest BCUT2D eigenvalue weighted by Gasteiger charge is -2.27. The second kappa shape index (κ2) is 7.73. The minimum absolute atomic E-state index is 0.0125. The van der Waals surface area contributed by atoms with E-state index in [1.807, 2.05) is 36.2 Å². The molecule has 0 N–H and O–H groups in total. The van der Waals surface area contributed by atoms with Gasteiger partial charge in [0.25, 0.3) is 5.91 Å². The van der Waals surface area contributed by atoms with Crippen molar-refractivity contribution in [3.8, 4) is 0 Å². The van der Waals surface area contributed by atoms with Crippen molar-refractivity contribution in [3.63, 3.8) is 0 Å². The van der Waals surface area contributed by atoms with E-state index in [9.17, 15) is 9.59 Å². The van der Waals surface area contributed by atoms with Gasteiger partial charge in [-0.25, -0.2) is 0 Å². The van der Waals surface area contributed by atoms with E-state index >= 15 is 0 Å². The number of aryl methyl sites for hydroxylation is 2. The van der Waals surface area contributed by atoms with Crippen LogP contribution in [0.5, 0.6) is 0 Å².